The van der Waals surface area contributed by atoms with E-state index in [0.717, 1.165) is 21.7 Å². The van der Waals surface area contributed by atoms with Crippen molar-refractivity contribution >= 4 is 57.9 Å². The summed E-state index contributed by atoms with van der Waals surface area (Å²) in [6.07, 6.45) is 0.0985. The van der Waals surface area contributed by atoms with E-state index in [9.17, 15) is 9.59 Å². The third kappa shape index (κ3) is 4.18. The summed E-state index contributed by atoms with van der Waals surface area (Å²) in [4.78, 5) is 25.7. The lowest BCUT2D eigenvalue weighted by Crippen LogP contribution is -2.32. The third-order valence-electron chi connectivity index (χ3n) is 4.13. The lowest BCUT2D eigenvalue weighted by Gasteiger charge is -2.23. The summed E-state index contributed by atoms with van der Waals surface area (Å²) >= 11 is 8.97. The Kier molecular flexibility index (Phi) is 5.20. The minimum absolute atomic E-state index is 0.0985. The number of thioether (sulfide) groups is 1. The Balaban J connectivity index is 1.43. The molecule has 7 heteroatoms. The molecule has 4 rings (SSSR count). The molecule has 2 amide bonds. The van der Waals surface area contributed by atoms with Gasteiger partial charge in [0.2, 0.25) is 11.8 Å². The Morgan fingerprint density at radius 3 is 2.85 bits per heavy atom. The normalized spacial score (nSPS) is 15.7. The first-order valence-electron chi connectivity index (χ1n) is 8.28. The highest BCUT2D eigenvalue weighted by molar-refractivity contribution is 8.01. The molecule has 0 unspecified atom stereocenters. The van der Waals surface area contributed by atoms with Gasteiger partial charge < -0.3 is 10.6 Å². The Bertz CT molecular complexity index is 1000. The van der Waals surface area contributed by atoms with Crippen molar-refractivity contribution < 1.29 is 9.59 Å². The predicted molar refractivity (Wildman–Crippen MR) is 113 cm³/mol. The number of benzene rings is 2. The Labute approximate surface area is 169 Å². The van der Waals surface area contributed by atoms with Gasteiger partial charge in [0, 0.05) is 22.0 Å². The zero-order valence-corrected chi connectivity index (χ0v) is 16.5. The standard InChI is InChI=1S/C20H15ClN2O2S2/c21-14-4-5-17-16(9-14)23-20(25)18(27-17)10-19(24)22-15-3-1-2-12(8-15)13-6-7-26-11-13/h1-9,11,18H,10H2,(H,22,24)(H,23,25)/t18-/m1/s1. The molecule has 136 valence electrons. The van der Waals surface area contributed by atoms with Gasteiger partial charge in [-0.25, -0.2) is 0 Å². The second kappa shape index (κ2) is 7.76. The maximum atomic E-state index is 12.5. The molecule has 2 N–H and O–H groups in total. The van der Waals surface area contributed by atoms with Gasteiger partial charge in [-0.2, -0.15) is 11.3 Å². The predicted octanol–water partition coefficient (Wildman–Crippen LogP) is 5.51. The van der Waals surface area contributed by atoms with Gasteiger partial charge in [0.15, 0.2) is 0 Å². The minimum Gasteiger partial charge on any atom is -0.326 e. The molecule has 0 radical (unpaired) electrons. The summed E-state index contributed by atoms with van der Waals surface area (Å²) in [5.41, 5.74) is 3.58. The fourth-order valence-electron chi connectivity index (χ4n) is 2.84. The lowest BCUT2D eigenvalue weighted by molar-refractivity contribution is -0.120. The van der Waals surface area contributed by atoms with Gasteiger partial charge in [-0.15, -0.1) is 11.8 Å². The van der Waals surface area contributed by atoms with Crippen LogP contribution in [-0.4, -0.2) is 17.1 Å². The van der Waals surface area contributed by atoms with Crippen LogP contribution >= 0.6 is 34.7 Å². The second-order valence-corrected chi connectivity index (χ2v) is 8.54. The molecule has 27 heavy (non-hydrogen) atoms. The number of amides is 2. The van der Waals surface area contributed by atoms with E-state index >= 15 is 0 Å². The zero-order chi connectivity index (χ0) is 18.8. The van der Waals surface area contributed by atoms with E-state index in [1.54, 1.807) is 23.5 Å². The molecule has 0 aliphatic carbocycles. The van der Waals surface area contributed by atoms with E-state index in [1.807, 2.05) is 41.8 Å². The van der Waals surface area contributed by atoms with Gasteiger partial charge in [-0.05, 0) is 58.3 Å². The van der Waals surface area contributed by atoms with E-state index < -0.39 is 5.25 Å². The van der Waals surface area contributed by atoms with Crippen LogP contribution in [0.25, 0.3) is 11.1 Å². The van der Waals surface area contributed by atoms with Crippen LogP contribution in [0.15, 0.2) is 64.2 Å². The molecule has 4 nitrogen and oxygen atoms in total. The molecule has 3 aromatic rings. The SMILES string of the molecule is O=C(C[C@H]1Sc2ccc(Cl)cc2NC1=O)Nc1cccc(-c2ccsc2)c1. The lowest BCUT2D eigenvalue weighted by atomic mass is 10.1. The number of hydrogen-bond acceptors (Lipinski definition) is 4. The van der Waals surface area contributed by atoms with Crippen molar-refractivity contribution in [2.24, 2.45) is 0 Å². The molecule has 1 aliphatic rings. The second-order valence-electron chi connectivity index (χ2n) is 6.08. The van der Waals surface area contributed by atoms with E-state index in [4.69, 9.17) is 11.6 Å². The van der Waals surface area contributed by atoms with Crippen LogP contribution in [0.4, 0.5) is 11.4 Å². The van der Waals surface area contributed by atoms with E-state index in [2.05, 4.69) is 16.0 Å². The molecule has 0 fully saturated rings. The van der Waals surface area contributed by atoms with E-state index in [-0.39, 0.29) is 18.2 Å². The number of rotatable bonds is 4. The van der Waals surface area contributed by atoms with Crippen LogP contribution in [0, 0.1) is 0 Å². The molecular weight excluding hydrogens is 400 g/mol. The van der Waals surface area contributed by atoms with Crippen LogP contribution < -0.4 is 10.6 Å². The molecule has 0 saturated carbocycles. The highest BCUT2D eigenvalue weighted by atomic mass is 35.5. The van der Waals surface area contributed by atoms with Gasteiger partial charge in [0.1, 0.15) is 0 Å². The van der Waals surface area contributed by atoms with Crippen molar-refractivity contribution in [1.29, 1.82) is 0 Å². The number of fused-ring (bicyclic) bond motifs is 1. The largest absolute Gasteiger partial charge is 0.326 e. The number of carbonyl (C=O) groups is 2. The molecule has 1 aromatic heterocycles. The molecule has 1 aliphatic heterocycles. The van der Waals surface area contributed by atoms with Gasteiger partial charge in [-0.3, -0.25) is 9.59 Å². The molecule has 2 aromatic carbocycles. The number of halogens is 1. The van der Waals surface area contributed by atoms with Crippen molar-refractivity contribution in [3.05, 3.63) is 64.3 Å². The molecular formula is C20H15ClN2O2S2. The summed E-state index contributed by atoms with van der Waals surface area (Å²) < 4.78 is 0. The summed E-state index contributed by atoms with van der Waals surface area (Å²) in [7, 11) is 0. The Hall–Kier alpha value is -2.28. The average Bonchev–Trinajstić information content (AvgIpc) is 3.17. The molecule has 0 bridgehead atoms. The van der Waals surface area contributed by atoms with Crippen molar-refractivity contribution in [3.63, 3.8) is 0 Å². The van der Waals surface area contributed by atoms with Crippen LogP contribution in [0.1, 0.15) is 6.42 Å². The Morgan fingerprint density at radius 1 is 1.15 bits per heavy atom. The van der Waals surface area contributed by atoms with Crippen LogP contribution in [-0.2, 0) is 9.59 Å². The fourth-order valence-corrected chi connectivity index (χ4v) is 4.77. The smallest absolute Gasteiger partial charge is 0.238 e. The quantitative estimate of drug-likeness (QED) is 0.591. The average molecular weight is 415 g/mol. The number of hydrogen-bond donors (Lipinski definition) is 2. The number of anilines is 2. The summed E-state index contributed by atoms with van der Waals surface area (Å²) in [6.45, 7) is 0. The molecule has 0 saturated heterocycles. The van der Waals surface area contributed by atoms with Crippen molar-refractivity contribution in [3.8, 4) is 11.1 Å². The Morgan fingerprint density at radius 2 is 2.04 bits per heavy atom. The van der Waals surface area contributed by atoms with Crippen LogP contribution in [0.3, 0.4) is 0 Å². The maximum absolute atomic E-state index is 12.5. The van der Waals surface area contributed by atoms with Crippen molar-refractivity contribution in [2.75, 3.05) is 10.6 Å². The maximum Gasteiger partial charge on any atom is 0.238 e. The molecule has 1 atom stereocenters. The number of thiophene rings is 1. The fraction of sp³-hybridized carbons (Fsp3) is 0.100. The summed E-state index contributed by atoms with van der Waals surface area (Å²) in [6, 6.07) is 15.1. The summed E-state index contributed by atoms with van der Waals surface area (Å²) in [5.74, 6) is -0.375. The molecule has 0 spiro atoms. The monoisotopic (exact) mass is 414 g/mol. The topological polar surface area (TPSA) is 58.2 Å². The number of carbonyl (C=O) groups excluding carboxylic acids is 2. The molecule has 2 heterocycles. The first kappa shape index (κ1) is 18.1. The zero-order valence-electron chi connectivity index (χ0n) is 14.1. The van der Waals surface area contributed by atoms with Gasteiger partial charge in [0.05, 0.1) is 10.9 Å². The minimum atomic E-state index is -0.473. The first-order valence-corrected chi connectivity index (χ1v) is 10.5. The summed E-state index contributed by atoms with van der Waals surface area (Å²) in [5, 5.41) is 9.89. The van der Waals surface area contributed by atoms with Gasteiger partial charge in [-0.1, -0.05) is 23.7 Å². The van der Waals surface area contributed by atoms with E-state index in [1.165, 1.54) is 11.8 Å². The third-order valence-corrected chi connectivity index (χ3v) is 6.33. The first-order chi connectivity index (χ1) is 13.1. The van der Waals surface area contributed by atoms with Crippen molar-refractivity contribution in [1.82, 2.24) is 0 Å². The van der Waals surface area contributed by atoms with Gasteiger partial charge in [0.25, 0.3) is 0 Å². The van der Waals surface area contributed by atoms with Crippen LogP contribution in [0.5, 0.6) is 0 Å². The highest BCUT2D eigenvalue weighted by Gasteiger charge is 2.29. The van der Waals surface area contributed by atoms with Gasteiger partial charge >= 0.3 is 0 Å². The van der Waals surface area contributed by atoms with E-state index in [0.29, 0.717) is 10.7 Å². The number of nitrogens with one attached hydrogen (secondary N) is 2. The highest BCUT2D eigenvalue weighted by Crippen LogP contribution is 2.38. The van der Waals surface area contributed by atoms with Crippen molar-refractivity contribution in [2.45, 2.75) is 16.6 Å². The van der Waals surface area contributed by atoms with Crippen LogP contribution in [0.2, 0.25) is 5.02 Å².